The van der Waals surface area contributed by atoms with E-state index in [4.69, 9.17) is 9.84 Å². The van der Waals surface area contributed by atoms with Crippen molar-refractivity contribution in [2.75, 3.05) is 0 Å². The Morgan fingerprint density at radius 2 is 1.66 bits per heavy atom. The molecule has 1 aromatic heterocycles. The highest BCUT2D eigenvalue weighted by Crippen LogP contribution is 2.62. The molecule has 4 fully saturated rings. The summed E-state index contributed by atoms with van der Waals surface area (Å²) in [5.41, 5.74) is 5.04. The molecule has 0 amide bonds. The summed E-state index contributed by atoms with van der Waals surface area (Å²) in [4.78, 5) is 10.8. The fourth-order valence-electron chi connectivity index (χ4n) is 7.15. The fraction of sp³-hybridized carbons (Fsp3) is 0.367. The Morgan fingerprint density at radius 1 is 0.943 bits per heavy atom. The first-order valence-corrected chi connectivity index (χ1v) is 12.6. The monoisotopic (exact) mass is 466 g/mol. The Balaban J connectivity index is 1.35. The zero-order chi connectivity index (χ0) is 23.8. The van der Waals surface area contributed by atoms with Crippen molar-refractivity contribution in [2.45, 2.75) is 50.5 Å². The highest BCUT2D eigenvalue weighted by Gasteiger charge is 2.52. The van der Waals surface area contributed by atoms with Gasteiger partial charge >= 0.3 is 5.97 Å². The van der Waals surface area contributed by atoms with E-state index in [2.05, 4.69) is 52.7 Å². The van der Waals surface area contributed by atoms with Crippen LogP contribution in [-0.4, -0.2) is 21.3 Å². The van der Waals surface area contributed by atoms with E-state index >= 15 is 0 Å². The molecule has 0 radical (unpaired) electrons. The van der Waals surface area contributed by atoms with Crippen LogP contribution in [0.2, 0.25) is 0 Å². The molecule has 7 rings (SSSR count). The van der Waals surface area contributed by atoms with Gasteiger partial charge in [-0.2, -0.15) is 5.10 Å². The predicted molar refractivity (Wildman–Crippen MR) is 135 cm³/mol. The molecule has 1 heterocycles. The van der Waals surface area contributed by atoms with E-state index < -0.39 is 5.97 Å². The molecule has 4 bridgehead atoms. The van der Waals surface area contributed by atoms with Crippen molar-refractivity contribution in [3.05, 3.63) is 83.6 Å². The molecule has 0 aliphatic heterocycles. The summed E-state index contributed by atoms with van der Waals surface area (Å²) < 4.78 is 6.48. The van der Waals surface area contributed by atoms with Crippen LogP contribution >= 0.6 is 0 Å². The highest BCUT2D eigenvalue weighted by atomic mass is 16.5. The third kappa shape index (κ3) is 4.47. The summed E-state index contributed by atoms with van der Waals surface area (Å²) in [6.07, 6.45) is 10.5. The third-order valence-corrected chi connectivity index (χ3v) is 8.20. The van der Waals surface area contributed by atoms with Crippen LogP contribution in [0.3, 0.4) is 0 Å². The summed E-state index contributed by atoms with van der Waals surface area (Å²) in [6, 6.07) is 20.6. The lowest BCUT2D eigenvalue weighted by molar-refractivity contribution is -0.131. The maximum absolute atomic E-state index is 10.8. The van der Waals surface area contributed by atoms with Crippen molar-refractivity contribution in [3.8, 4) is 17.0 Å². The maximum atomic E-state index is 10.8. The quantitative estimate of drug-likeness (QED) is 0.414. The number of carboxylic acid groups (broad SMARTS) is 1. The summed E-state index contributed by atoms with van der Waals surface area (Å²) in [5.74, 6) is 2.52. The lowest BCUT2D eigenvalue weighted by Gasteiger charge is -2.57. The zero-order valence-corrected chi connectivity index (χ0v) is 19.8. The topological polar surface area (TPSA) is 72.3 Å². The first-order chi connectivity index (χ1) is 17.1. The minimum atomic E-state index is -0.998. The van der Waals surface area contributed by atoms with Gasteiger partial charge in [0.25, 0.3) is 0 Å². The van der Waals surface area contributed by atoms with E-state index in [0.717, 1.165) is 40.8 Å². The van der Waals surface area contributed by atoms with Gasteiger partial charge < -0.3 is 9.84 Å². The molecule has 1 N–H and O–H groups in total. The van der Waals surface area contributed by atoms with Crippen LogP contribution in [-0.2, 0) is 16.8 Å². The average molecular weight is 467 g/mol. The summed E-state index contributed by atoms with van der Waals surface area (Å²) in [7, 11) is 0. The molecule has 2 aromatic carbocycles. The Labute approximate surface area is 205 Å². The number of aromatic nitrogens is 2. The van der Waals surface area contributed by atoms with Gasteiger partial charge in [-0.05, 0) is 104 Å². The second-order valence-corrected chi connectivity index (χ2v) is 10.7. The van der Waals surface area contributed by atoms with Crippen molar-refractivity contribution < 1.29 is 14.6 Å². The van der Waals surface area contributed by atoms with Crippen molar-refractivity contribution in [1.29, 1.82) is 0 Å². The number of hydrogen-bond donors (Lipinski definition) is 1. The van der Waals surface area contributed by atoms with Gasteiger partial charge in [-0.1, -0.05) is 30.3 Å². The molecule has 4 saturated carbocycles. The van der Waals surface area contributed by atoms with Crippen molar-refractivity contribution in [1.82, 2.24) is 10.2 Å². The summed E-state index contributed by atoms with van der Waals surface area (Å²) in [5, 5.41) is 17.5. The van der Waals surface area contributed by atoms with Gasteiger partial charge in [0.15, 0.2) is 0 Å². The molecule has 35 heavy (non-hydrogen) atoms. The number of nitrogens with zero attached hydrogens (tertiary/aromatic N) is 2. The van der Waals surface area contributed by atoms with E-state index in [9.17, 15) is 4.79 Å². The van der Waals surface area contributed by atoms with Gasteiger partial charge in [-0.3, -0.25) is 0 Å². The summed E-state index contributed by atoms with van der Waals surface area (Å²) in [6.45, 7) is 0.559. The largest absolute Gasteiger partial charge is 0.489 e. The number of carboxylic acids is 1. The van der Waals surface area contributed by atoms with Crippen molar-refractivity contribution in [3.63, 3.8) is 0 Å². The second kappa shape index (κ2) is 8.95. The molecule has 0 spiro atoms. The molecule has 0 unspecified atom stereocenters. The molecule has 4 aliphatic carbocycles. The Bertz CT molecular complexity index is 1220. The minimum absolute atomic E-state index is 0.189. The molecule has 178 valence electrons. The lowest BCUT2D eigenvalue weighted by Crippen LogP contribution is -2.48. The molecular formula is C30H30N2O3. The minimum Gasteiger partial charge on any atom is -0.489 e. The van der Waals surface area contributed by atoms with E-state index in [0.29, 0.717) is 12.3 Å². The smallest absolute Gasteiger partial charge is 0.328 e. The zero-order valence-electron chi connectivity index (χ0n) is 19.8. The maximum Gasteiger partial charge on any atom is 0.328 e. The number of ether oxygens (including phenoxy) is 1. The van der Waals surface area contributed by atoms with Gasteiger partial charge in [-0.15, -0.1) is 5.10 Å². The van der Waals surface area contributed by atoms with E-state index in [1.807, 2.05) is 18.2 Å². The van der Waals surface area contributed by atoms with Crippen molar-refractivity contribution >= 4 is 12.0 Å². The van der Waals surface area contributed by atoms with E-state index in [1.54, 1.807) is 0 Å². The van der Waals surface area contributed by atoms with Gasteiger partial charge in [0.1, 0.15) is 12.4 Å². The standard InChI is InChI=1S/C30H30N2O3/c33-29(34)11-8-25-7-9-27(32-31-25)24-6-10-28(35-19-20-4-2-1-3-5-20)26(15-24)30-16-21-12-22(17-30)14-23(13-21)18-30/h1-11,15,21-23H,12-14,16-19H2,(H,33,34). The highest BCUT2D eigenvalue weighted by molar-refractivity contribution is 5.84. The molecule has 3 aromatic rings. The van der Waals surface area contributed by atoms with Crippen molar-refractivity contribution in [2.24, 2.45) is 17.8 Å². The van der Waals surface area contributed by atoms with Gasteiger partial charge in [0.05, 0.1) is 11.4 Å². The molecule has 5 nitrogen and oxygen atoms in total. The number of rotatable bonds is 7. The number of hydrogen-bond acceptors (Lipinski definition) is 4. The number of benzene rings is 2. The Kier molecular flexibility index (Phi) is 5.63. The number of carbonyl (C=O) groups is 1. The SMILES string of the molecule is O=C(O)C=Cc1ccc(-c2ccc(OCc3ccccc3)c(C34CC5CC(CC(C5)C3)C4)c2)nn1. The number of aliphatic carboxylic acids is 1. The third-order valence-electron chi connectivity index (χ3n) is 8.20. The Morgan fingerprint density at radius 3 is 2.29 bits per heavy atom. The van der Waals surface area contributed by atoms with Gasteiger partial charge in [0, 0.05) is 17.2 Å². The molecule has 5 heteroatoms. The molecule has 4 aliphatic rings. The normalized spacial score (nSPS) is 26.8. The average Bonchev–Trinajstić information content (AvgIpc) is 2.86. The van der Waals surface area contributed by atoms with Crippen LogP contribution in [0.4, 0.5) is 0 Å². The fourth-order valence-corrected chi connectivity index (χ4v) is 7.15. The molecular weight excluding hydrogens is 436 g/mol. The first kappa shape index (κ1) is 22.0. The van der Waals surface area contributed by atoms with Crippen LogP contribution < -0.4 is 4.74 Å². The molecule has 0 atom stereocenters. The predicted octanol–water partition coefficient (Wildman–Crippen LogP) is 6.29. The van der Waals surface area contributed by atoms with E-state index in [1.165, 1.54) is 55.7 Å². The van der Waals surface area contributed by atoms with Crippen LogP contribution in [0.5, 0.6) is 5.75 Å². The lowest BCUT2D eigenvalue weighted by atomic mass is 9.48. The van der Waals surface area contributed by atoms with Crippen LogP contribution in [0.1, 0.15) is 55.3 Å². The van der Waals surface area contributed by atoms with E-state index in [-0.39, 0.29) is 5.41 Å². The second-order valence-electron chi connectivity index (χ2n) is 10.7. The Hall–Kier alpha value is -3.47. The van der Waals surface area contributed by atoms with Crippen LogP contribution in [0.25, 0.3) is 17.3 Å². The van der Waals surface area contributed by atoms with Crippen LogP contribution in [0, 0.1) is 17.8 Å². The molecule has 0 saturated heterocycles. The summed E-state index contributed by atoms with van der Waals surface area (Å²) >= 11 is 0. The van der Waals surface area contributed by atoms with Crippen LogP contribution in [0.15, 0.2) is 66.7 Å². The van der Waals surface area contributed by atoms with Gasteiger partial charge in [0.2, 0.25) is 0 Å². The van der Waals surface area contributed by atoms with Gasteiger partial charge in [-0.25, -0.2) is 4.79 Å². The first-order valence-electron chi connectivity index (χ1n) is 12.6.